The summed E-state index contributed by atoms with van der Waals surface area (Å²) in [5, 5.41) is 12.0. The molecule has 1 aromatic carbocycles. The fourth-order valence-corrected chi connectivity index (χ4v) is 1.79. The molecule has 0 aliphatic carbocycles. The quantitative estimate of drug-likeness (QED) is 0.859. The van der Waals surface area contributed by atoms with Crippen molar-refractivity contribution in [3.8, 4) is 11.3 Å². The Kier molecular flexibility index (Phi) is 2.90. The van der Waals surface area contributed by atoms with Gasteiger partial charge >= 0.3 is 5.97 Å². The third-order valence-corrected chi connectivity index (χ3v) is 2.86. The number of benzene rings is 1. The van der Waals surface area contributed by atoms with Crippen LogP contribution in [0.1, 0.15) is 10.5 Å². The van der Waals surface area contributed by atoms with Crippen LogP contribution in [-0.2, 0) is 0 Å². The van der Waals surface area contributed by atoms with E-state index in [1.807, 2.05) is 22.6 Å². The average Bonchev–Trinajstić information content (AvgIpc) is 2.70. The second-order valence-corrected chi connectivity index (χ2v) is 4.17. The lowest BCUT2D eigenvalue weighted by molar-refractivity contribution is 0.0686. The van der Waals surface area contributed by atoms with Crippen molar-refractivity contribution in [2.45, 2.75) is 0 Å². The van der Waals surface area contributed by atoms with Crippen molar-refractivity contribution in [3.05, 3.63) is 39.3 Å². The van der Waals surface area contributed by atoms with Crippen molar-refractivity contribution in [1.29, 1.82) is 0 Å². The van der Waals surface area contributed by atoms with Crippen LogP contribution in [0.5, 0.6) is 0 Å². The number of halogens is 2. The average molecular weight is 333 g/mol. The Morgan fingerprint density at radius 2 is 2.19 bits per heavy atom. The lowest BCUT2D eigenvalue weighted by Crippen LogP contribution is -1.94. The van der Waals surface area contributed by atoms with E-state index in [1.165, 1.54) is 18.2 Å². The maximum Gasteiger partial charge on any atom is 0.358 e. The van der Waals surface area contributed by atoms with Gasteiger partial charge in [-0.1, -0.05) is 5.16 Å². The van der Waals surface area contributed by atoms with Crippen molar-refractivity contribution >= 4 is 28.6 Å². The van der Waals surface area contributed by atoms with E-state index in [0.717, 1.165) is 3.57 Å². The van der Waals surface area contributed by atoms with Crippen molar-refractivity contribution in [2.75, 3.05) is 0 Å². The van der Waals surface area contributed by atoms with E-state index in [0.29, 0.717) is 5.56 Å². The molecule has 1 N–H and O–H groups in total. The number of carbonyl (C=O) groups is 1. The molecule has 4 nitrogen and oxygen atoms in total. The summed E-state index contributed by atoms with van der Waals surface area (Å²) in [5.41, 5.74) is 0.288. The van der Waals surface area contributed by atoms with E-state index in [9.17, 15) is 9.18 Å². The number of carboxylic acid groups (broad SMARTS) is 1. The summed E-state index contributed by atoms with van der Waals surface area (Å²) in [5.74, 6) is -1.36. The van der Waals surface area contributed by atoms with Crippen LogP contribution in [0.4, 0.5) is 4.39 Å². The smallest absolute Gasteiger partial charge is 0.358 e. The van der Waals surface area contributed by atoms with Crippen molar-refractivity contribution in [2.24, 2.45) is 0 Å². The first-order chi connectivity index (χ1) is 7.58. The lowest BCUT2D eigenvalue weighted by atomic mass is 10.1. The molecule has 0 saturated carbocycles. The van der Waals surface area contributed by atoms with Gasteiger partial charge in [0.1, 0.15) is 5.82 Å². The normalized spacial score (nSPS) is 10.4. The highest BCUT2D eigenvalue weighted by molar-refractivity contribution is 14.1. The Morgan fingerprint density at radius 3 is 2.81 bits per heavy atom. The Labute approximate surface area is 103 Å². The first kappa shape index (κ1) is 11.1. The van der Waals surface area contributed by atoms with Gasteiger partial charge in [-0.05, 0) is 40.8 Å². The summed E-state index contributed by atoms with van der Waals surface area (Å²) >= 11 is 2.01. The minimum absolute atomic E-state index is 0.199. The molecule has 0 bridgehead atoms. The van der Waals surface area contributed by atoms with Gasteiger partial charge < -0.3 is 9.63 Å². The Bertz CT molecular complexity index is 553. The van der Waals surface area contributed by atoms with E-state index < -0.39 is 11.8 Å². The van der Waals surface area contributed by atoms with E-state index in [-0.39, 0.29) is 11.5 Å². The monoisotopic (exact) mass is 333 g/mol. The van der Waals surface area contributed by atoms with Gasteiger partial charge in [-0.15, -0.1) is 0 Å². The molecular weight excluding hydrogens is 328 g/mol. The second-order valence-electron chi connectivity index (χ2n) is 3.01. The molecule has 2 rings (SSSR count). The van der Waals surface area contributed by atoms with Crippen LogP contribution in [-0.4, -0.2) is 16.2 Å². The molecule has 0 atom stereocenters. The minimum Gasteiger partial charge on any atom is -0.476 e. The Hall–Kier alpha value is -1.44. The molecule has 16 heavy (non-hydrogen) atoms. The van der Waals surface area contributed by atoms with E-state index >= 15 is 0 Å². The minimum atomic E-state index is -1.18. The highest BCUT2D eigenvalue weighted by atomic mass is 127. The SMILES string of the molecule is O=C(O)c1cc(-c2cc(F)ccc2I)on1. The summed E-state index contributed by atoms with van der Waals surface area (Å²) in [4.78, 5) is 10.6. The fraction of sp³-hybridized carbons (Fsp3) is 0. The summed E-state index contributed by atoms with van der Waals surface area (Å²) in [6.45, 7) is 0. The Morgan fingerprint density at radius 1 is 1.44 bits per heavy atom. The van der Waals surface area contributed by atoms with Crippen LogP contribution >= 0.6 is 22.6 Å². The van der Waals surface area contributed by atoms with Gasteiger partial charge in [0.05, 0.1) is 0 Å². The Balaban J connectivity index is 2.50. The zero-order valence-electron chi connectivity index (χ0n) is 7.78. The number of nitrogens with zero attached hydrogens (tertiary/aromatic N) is 1. The molecular formula is C10H5FINO3. The summed E-state index contributed by atoms with van der Waals surface area (Å²) < 4.78 is 18.6. The predicted molar refractivity (Wildman–Crippen MR) is 61.6 cm³/mol. The highest BCUT2D eigenvalue weighted by Gasteiger charge is 2.14. The lowest BCUT2D eigenvalue weighted by Gasteiger charge is -1.98. The van der Waals surface area contributed by atoms with Crippen LogP contribution in [0.2, 0.25) is 0 Å². The first-order valence-electron chi connectivity index (χ1n) is 4.23. The topological polar surface area (TPSA) is 63.3 Å². The largest absolute Gasteiger partial charge is 0.476 e. The van der Waals surface area contributed by atoms with Gasteiger partial charge in [-0.25, -0.2) is 9.18 Å². The molecule has 1 aromatic heterocycles. The molecule has 6 heteroatoms. The van der Waals surface area contributed by atoms with Gasteiger partial charge in [-0.3, -0.25) is 0 Å². The number of aromatic carboxylic acids is 1. The van der Waals surface area contributed by atoms with E-state index in [1.54, 1.807) is 6.07 Å². The summed E-state index contributed by atoms with van der Waals surface area (Å²) in [6.07, 6.45) is 0. The molecule has 0 aliphatic rings. The zero-order valence-corrected chi connectivity index (χ0v) is 9.93. The summed E-state index contributed by atoms with van der Waals surface area (Å²) in [7, 11) is 0. The molecule has 1 heterocycles. The molecule has 0 unspecified atom stereocenters. The molecule has 0 radical (unpaired) electrons. The van der Waals surface area contributed by atoms with E-state index in [4.69, 9.17) is 9.63 Å². The van der Waals surface area contributed by atoms with Crippen molar-refractivity contribution in [3.63, 3.8) is 0 Å². The van der Waals surface area contributed by atoms with Gasteiger partial charge in [0.2, 0.25) is 0 Å². The van der Waals surface area contributed by atoms with Gasteiger partial charge in [0, 0.05) is 15.2 Å². The number of hydrogen-bond donors (Lipinski definition) is 1. The molecule has 0 spiro atoms. The number of aromatic nitrogens is 1. The third kappa shape index (κ3) is 2.06. The molecule has 0 fully saturated rings. The van der Waals surface area contributed by atoms with Crippen LogP contribution in [0.25, 0.3) is 11.3 Å². The number of rotatable bonds is 2. The first-order valence-corrected chi connectivity index (χ1v) is 5.31. The summed E-state index contributed by atoms with van der Waals surface area (Å²) in [6, 6.07) is 5.43. The standard InChI is InChI=1S/C10H5FINO3/c11-5-1-2-7(12)6(3-5)9-4-8(10(14)15)13-16-9/h1-4H,(H,14,15). The predicted octanol–water partition coefficient (Wildman–Crippen LogP) is 2.78. The number of hydrogen-bond acceptors (Lipinski definition) is 3. The zero-order chi connectivity index (χ0) is 11.7. The molecule has 0 aliphatic heterocycles. The third-order valence-electron chi connectivity index (χ3n) is 1.92. The van der Waals surface area contributed by atoms with Gasteiger partial charge in [0.25, 0.3) is 0 Å². The van der Waals surface area contributed by atoms with Crippen molar-refractivity contribution in [1.82, 2.24) is 5.16 Å². The number of carboxylic acids is 1. The van der Waals surface area contributed by atoms with Crippen LogP contribution < -0.4 is 0 Å². The van der Waals surface area contributed by atoms with Crippen molar-refractivity contribution < 1.29 is 18.8 Å². The molecule has 2 aromatic rings. The fourth-order valence-electron chi connectivity index (χ4n) is 1.19. The maximum atomic E-state index is 13.0. The van der Waals surface area contributed by atoms with Gasteiger partial charge in [-0.2, -0.15) is 0 Å². The molecule has 0 saturated heterocycles. The van der Waals surface area contributed by atoms with Crippen LogP contribution in [0, 0.1) is 9.39 Å². The molecule has 82 valence electrons. The van der Waals surface area contributed by atoms with E-state index in [2.05, 4.69) is 5.16 Å². The van der Waals surface area contributed by atoms with Gasteiger partial charge in [0.15, 0.2) is 11.5 Å². The van der Waals surface area contributed by atoms with Crippen LogP contribution in [0.3, 0.4) is 0 Å². The second kappa shape index (κ2) is 4.20. The molecule has 0 amide bonds. The maximum absolute atomic E-state index is 13.0. The van der Waals surface area contributed by atoms with Crippen LogP contribution in [0.15, 0.2) is 28.8 Å². The highest BCUT2D eigenvalue weighted by Crippen LogP contribution is 2.26.